The second kappa shape index (κ2) is 5.69. The van der Waals surface area contributed by atoms with Crippen LogP contribution >= 0.6 is 0 Å². The summed E-state index contributed by atoms with van der Waals surface area (Å²) in [4.78, 5) is 2.04. The van der Waals surface area contributed by atoms with Crippen LogP contribution in [0.4, 0.5) is 20.2 Å². The van der Waals surface area contributed by atoms with Gasteiger partial charge in [-0.1, -0.05) is 12.1 Å². The Morgan fingerprint density at radius 1 is 1.05 bits per heavy atom. The van der Waals surface area contributed by atoms with Crippen molar-refractivity contribution in [2.24, 2.45) is 0 Å². The van der Waals surface area contributed by atoms with E-state index in [4.69, 9.17) is 5.73 Å². The van der Waals surface area contributed by atoms with Crippen LogP contribution in [-0.2, 0) is 6.54 Å². The molecular weight excluding hydrogens is 246 g/mol. The molecule has 100 valence electrons. The largest absolute Gasteiger partial charge is 0.399 e. The molecule has 0 amide bonds. The summed E-state index contributed by atoms with van der Waals surface area (Å²) in [5.74, 6) is -1.64. The first-order valence-corrected chi connectivity index (χ1v) is 6.14. The highest BCUT2D eigenvalue weighted by Crippen LogP contribution is 2.20. The quantitative estimate of drug-likeness (QED) is 0.853. The Morgan fingerprint density at radius 3 is 2.47 bits per heavy atom. The molecule has 2 aromatic carbocycles. The van der Waals surface area contributed by atoms with Crippen molar-refractivity contribution in [1.29, 1.82) is 0 Å². The Kier molecular flexibility index (Phi) is 4.00. The lowest BCUT2D eigenvalue weighted by atomic mass is 10.2. The molecule has 0 bridgehead atoms. The maximum Gasteiger partial charge on any atom is 0.159 e. The third-order valence-electron chi connectivity index (χ3n) is 2.97. The van der Waals surface area contributed by atoms with Gasteiger partial charge in [0.15, 0.2) is 11.6 Å². The van der Waals surface area contributed by atoms with Crippen molar-refractivity contribution in [3.8, 4) is 0 Å². The summed E-state index contributed by atoms with van der Waals surface area (Å²) in [7, 11) is 0. The smallest absolute Gasteiger partial charge is 0.159 e. The van der Waals surface area contributed by atoms with Gasteiger partial charge in [-0.3, -0.25) is 0 Å². The molecule has 4 heteroatoms. The van der Waals surface area contributed by atoms with Crippen LogP contribution in [0, 0.1) is 11.6 Å². The van der Waals surface area contributed by atoms with Crippen molar-refractivity contribution in [3.05, 3.63) is 59.7 Å². The van der Waals surface area contributed by atoms with Gasteiger partial charge in [0.2, 0.25) is 0 Å². The Balaban J connectivity index is 2.21. The number of hydrogen-bond acceptors (Lipinski definition) is 2. The van der Waals surface area contributed by atoms with Crippen molar-refractivity contribution >= 4 is 11.4 Å². The van der Waals surface area contributed by atoms with Crippen molar-refractivity contribution in [2.75, 3.05) is 17.2 Å². The van der Waals surface area contributed by atoms with Crippen molar-refractivity contribution in [2.45, 2.75) is 13.5 Å². The summed E-state index contributed by atoms with van der Waals surface area (Å²) >= 11 is 0. The molecule has 2 N–H and O–H groups in total. The highest BCUT2D eigenvalue weighted by atomic mass is 19.2. The van der Waals surface area contributed by atoms with E-state index in [1.54, 1.807) is 6.07 Å². The highest BCUT2D eigenvalue weighted by molar-refractivity contribution is 5.56. The van der Waals surface area contributed by atoms with E-state index in [1.807, 2.05) is 36.1 Å². The number of benzene rings is 2. The third kappa shape index (κ3) is 3.22. The number of halogens is 2. The molecule has 0 saturated heterocycles. The van der Waals surface area contributed by atoms with Gasteiger partial charge in [-0.15, -0.1) is 0 Å². The predicted molar refractivity (Wildman–Crippen MR) is 73.9 cm³/mol. The van der Waals surface area contributed by atoms with Crippen LogP contribution in [0.1, 0.15) is 12.5 Å². The van der Waals surface area contributed by atoms with E-state index in [0.29, 0.717) is 12.2 Å². The second-order valence-electron chi connectivity index (χ2n) is 4.36. The fourth-order valence-electron chi connectivity index (χ4n) is 1.97. The molecule has 0 atom stereocenters. The monoisotopic (exact) mass is 262 g/mol. The van der Waals surface area contributed by atoms with E-state index in [2.05, 4.69) is 0 Å². The van der Waals surface area contributed by atoms with E-state index in [1.165, 1.54) is 6.07 Å². The number of nitrogens with zero attached hydrogens (tertiary/aromatic N) is 1. The minimum Gasteiger partial charge on any atom is -0.399 e. The molecule has 0 saturated carbocycles. The molecule has 0 aromatic heterocycles. The van der Waals surface area contributed by atoms with Crippen molar-refractivity contribution in [3.63, 3.8) is 0 Å². The van der Waals surface area contributed by atoms with E-state index in [-0.39, 0.29) is 0 Å². The van der Waals surface area contributed by atoms with E-state index >= 15 is 0 Å². The molecule has 0 spiro atoms. The molecule has 2 aromatic rings. The number of rotatable bonds is 4. The summed E-state index contributed by atoms with van der Waals surface area (Å²) in [5.41, 5.74) is 8.12. The highest BCUT2D eigenvalue weighted by Gasteiger charge is 2.08. The minimum absolute atomic E-state index is 0.511. The molecular formula is C15H16F2N2. The maximum absolute atomic E-state index is 13.2. The SMILES string of the molecule is CCN(Cc1ccc(F)c(F)c1)c1cccc(N)c1. The predicted octanol–water partition coefficient (Wildman–Crippen LogP) is 3.57. The van der Waals surface area contributed by atoms with E-state index in [9.17, 15) is 8.78 Å². The van der Waals surface area contributed by atoms with Gasteiger partial charge < -0.3 is 10.6 Å². The Morgan fingerprint density at radius 2 is 1.84 bits per heavy atom. The lowest BCUT2D eigenvalue weighted by Crippen LogP contribution is -2.22. The molecule has 0 radical (unpaired) electrons. The van der Waals surface area contributed by atoms with Crippen LogP contribution in [0.3, 0.4) is 0 Å². The zero-order valence-electron chi connectivity index (χ0n) is 10.7. The lowest BCUT2D eigenvalue weighted by Gasteiger charge is -2.23. The molecule has 0 unspecified atom stereocenters. The van der Waals surface area contributed by atoms with Crippen LogP contribution in [0.2, 0.25) is 0 Å². The second-order valence-corrected chi connectivity index (χ2v) is 4.36. The first-order valence-electron chi connectivity index (χ1n) is 6.14. The number of anilines is 2. The summed E-state index contributed by atoms with van der Waals surface area (Å²) in [6.07, 6.45) is 0. The van der Waals surface area contributed by atoms with Crippen LogP contribution < -0.4 is 10.6 Å². The number of nitrogen functional groups attached to an aromatic ring is 1. The summed E-state index contributed by atoms with van der Waals surface area (Å²) < 4.78 is 26.1. The fourth-order valence-corrected chi connectivity index (χ4v) is 1.97. The molecule has 2 nitrogen and oxygen atoms in total. The van der Waals surface area contributed by atoms with Gasteiger partial charge in [0.05, 0.1) is 0 Å². The van der Waals surface area contributed by atoms with Crippen molar-refractivity contribution < 1.29 is 8.78 Å². The number of nitrogens with two attached hydrogens (primary N) is 1. The number of hydrogen-bond donors (Lipinski definition) is 1. The molecule has 0 aliphatic rings. The van der Waals surface area contributed by atoms with Gasteiger partial charge in [-0.25, -0.2) is 8.78 Å². The van der Waals surface area contributed by atoms with Gasteiger partial charge in [0.1, 0.15) is 0 Å². The van der Waals surface area contributed by atoms with Gasteiger partial charge in [0.25, 0.3) is 0 Å². The lowest BCUT2D eigenvalue weighted by molar-refractivity contribution is 0.507. The minimum atomic E-state index is -0.823. The zero-order chi connectivity index (χ0) is 13.8. The van der Waals surface area contributed by atoms with Crippen molar-refractivity contribution in [1.82, 2.24) is 0 Å². The fraction of sp³-hybridized carbons (Fsp3) is 0.200. The topological polar surface area (TPSA) is 29.3 Å². The maximum atomic E-state index is 13.2. The van der Waals surface area contributed by atoms with Gasteiger partial charge >= 0.3 is 0 Å². The molecule has 0 fully saturated rings. The average Bonchev–Trinajstić information content (AvgIpc) is 2.40. The Bertz CT molecular complexity index is 570. The first-order chi connectivity index (χ1) is 9.10. The van der Waals surface area contributed by atoms with Crippen LogP contribution in [0.5, 0.6) is 0 Å². The van der Waals surface area contributed by atoms with Crippen LogP contribution in [0.15, 0.2) is 42.5 Å². The summed E-state index contributed by atoms with van der Waals surface area (Å²) in [6.45, 7) is 3.27. The standard InChI is InChI=1S/C15H16F2N2/c1-2-19(13-5-3-4-12(18)9-13)10-11-6-7-14(16)15(17)8-11/h3-9H,2,10,18H2,1H3. The summed E-state index contributed by atoms with van der Waals surface area (Å²) in [6, 6.07) is 11.5. The first kappa shape index (κ1) is 13.3. The van der Waals surface area contributed by atoms with Gasteiger partial charge in [-0.2, -0.15) is 0 Å². The molecule has 0 aliphatic heterocycles. The Hall–Kier alpha value is -2.10. The molecule has 0 aliphatic carbocycles. The third-order valence-corrected chi connectivity index (χ3v) is 2.97. The van der Waals surface area contributed by atoms with Gasteiger partial charge in [0, 0.05) is 24.5 Å². The van der Waals surface area contributed by atoms with Gasteiger partial charge in [-0.05, 0) is 42.8 Å². The van der Waals surface area contributed by atoms with Crippen LogP contribution in [0.25, 0.3) is 0 Å². The van der Waals surface area contributed by atoms with E-state index in [0.717, 1.165) is 23.9 Å². The van der Waals surface area contributed by atoms with E-state index < -0.39 is 11.6 Å². The average molecular weight is 262 g/mol. The normalized spacial score (nSPS) is 10.5. The molecule has 2 rings (SSSR count). The molecule has 19 heavy (non-hydrogen) atoms. The van der Waals surface area contributed by atoms with Crippen LogP contribution in [-0.4, -0.2) is 6.54 Å². The zero-order valence-corrected chi connectivity index (χ0v) is 10.7. The molecule has 0 heterocycles. The Labute approximate surface area is 111 Å². The summed E-state index contributed by atoms with van der Waals surface area (Å²) in [5, 5.41) is 0.